The number of nitrogens with zero attached hydrogens (tertiary/aromatic N) is 2. The van der Waals surface area contributed by atoms with E-state index in [1.165, 1.54) is 11.8 Å². The van der Waals surface area contributed by atoms with Crippen molar-refractivity contribution in [1.82, 2.24) is 0 Å². The summed E-state index contributed by atoms with van der Waals surface area (Å²) < 4.78 is 10.9. The number of amides is 2. The van der Waals surface area contributed by atoms with Gasteiger partial charge in [-0.15, -0.1) is 11.8 Å². The smallest absolute Gasteiger partial charge is 0.269 e. The molecular weight excluding hydrogens is 412 g/mol. The molecule has 31 heavy (non-hydrogen) atoms. The summed E-state index contributed by atoms with van der Waals surface area (Å²) in [5, 5.41) is 0. The summed E-state index contributed by atoms with van der Waals surface area (Å²) in [5.74, 6) is 1.13. The highest BCUT2D eigenvalue weighted by molar-refractivity contribution is 8.02. The fourth-order valence-electron chi connectivity index (χ4n) is 5.04. The molecule has 2 amide bonds. The number of carbonyl (C=O) groups excluding carboxylic acids is 2. The lowest BCUT2D eigenvalue weighted by Gasteiger charge is -2.40. The van der Waals surface area contributed by atoms with E-state index < -0.39 is 10.4 Å². The van der Waals surface area contributed by atoms with Crippen molar-refractivity contribution in [2.75, 3.05) is 29.8 Å². The maximum atomic E-state index is 14.2. The fraction of sp³-hybridized carbons (Fsp3) is 0.333. The number of hydrogen-bond donors (Lipinski definition) is 0. The predicted molar refractivity (Wildman–Crippen MR) is 123 cm³/mol. The van der Waals surface area contributed by atoms with Gasteiger partial charge in [0.25, 0.3) is 5.91 Å². The first-order valence-electron chi connectivity index (χ1n) is 10.1. The van der Waals surface area contributed by atoms with Crippen molar-refractivity contribution in [1.29, 1.82) is 0 Å². The van der Waals surface area contributed by atoms with E-state index in [1.807, 2.05) is 36.9 Å². The van der Waals surface area contributed by atoms with E-state index in [0.717, 1.165) is 22.4 Å². The Labute approximate surface area is 185 Å². The van der Waals surface area contributed by atoms with E-state index in [9.17, 15) is 9.59 Å². The summed E-state index contributed by atoms with van der Waals surface area (Å²) in [7, 11) is 3.14. The largest absolute Gasteiger partial charge is 0.497 e. The van der Waals surface area contributed by atoms with Crippen LogP contribution in [-0.2, 0) is 14.5 Å². The van der Waals surface area contributed by atoms with E-state index in [0.29, 0.717) is 17.2 Å². The Kier molecular flexibility index (Phi) is 4.21. The zero-order valence-electron chi connectivity index (χ0n) is 18.2. The zero-order chi connectivity index (χ0) is 22.1. The molecule has 3 heterocycles. The Morgan fingerprint density at radius 1 is 1.00 bits per heavy atom. The van der Waals surface area contributed by atoms with Gasteiger partial charge in [0.05, 0.1) is 36.9 Å². The Bertz CT molecular complexity index is 1150. The van der Waals surface area contributed by atoms with Crippen LogP contribution in [0.15, 0.2) is 42.5 Å². The minimum atomic E-state index is -1.16. The van der Waals surface area contributed by atoms with Gasteiger partial charge in [-0.25, -0.2) is 0 Å². The van der Waals surface area contributed by atoms with Crippen LogP contribution in [0, 0.1) is 0 Å². The third-order valence-corrected chi connectivity index (χ3v) is 7.64. The second kappa shape index (κ2) is 6.53. The van der Waals surface area contributed by atoms with Crippen LogP contribution < -0.4 is 19.3 Å². The molecule has 1 unspecified atom stereocenters. The van der Waals surface area contributed by atoms with Crippen molar-refractivity contribution in [3.8, 4) is 11.5 Å². The van der Waals surface area contributed by atoms with Crippen LogP contribution >= 0.6 is 11.8 Å². The first-order valence-corrected chi connectivity index (χ1v) is 11.1. The summed E-state index contributed by atoms with van der Waals surface area (Å²) in [6, 6.07) is 11.3. The van der Waals surface area contributed by atoms with Gasteiger partial charge in [-0.05, 0) is 26.3 Å². The second-order valence-electron chi connectivity index (χ2n) is 8.56. The first kappa shape index (κ1) is 20.0. The maximum Gasteiger partial charge on any atom is 0.269 e. The maximum absolute atomic E-state index is 14.2. The number of ether oxygens (including phenoxy) is 2. The van der Waals surface area contributed by atoms with Crippen LogP contribution in [-0.4, -0.2) is 37.3 Å². The van der Waals surface area contributed by atoms with Crippen molar-refractivity contribution in [2.45, 2.75) is 31.2 Å². The molecule has 0 bridgehead atoms. The molecule has 0 saturated carbocycles. The quantitative estimate of drug-likeness (QED) is 0.723. The molecule has 0 aromatic heterocycles. The second-order valence-corrected chi connectivity index (χ2v) is 9.72. The molecule has 0 N–H and O–H groups in total. The normalized spacial score (nSPS) is 23.3. The van der Waals surface area contributed by atoms with Crippen molar-refractivity contribution in [3.05, 3.63) is 53.6 Å². The average Bonchev–Trinajstić information content (AvgIpc) is 3.22. The molecule has 1 fully saturated rings. The van der Waals surface area contributed by atoms with E-state index in [1.54, 1.807) is 37.3 Å². The van der Waals surface area contributed by atoms with E-state index >= 15 is 0 Å². The van der Waals surface area contributed by atoms with Crippen LogP contribution in [0.4, 0.5) is 11.4 Å². The van der Waals surface area contributed by atoms with Crippen molar-refractivity contribution in [2.24, 2.45) is 0 Å². The molecule has 1 atom stereocenters. The molecule has 0 radical (unpaired) electrons. The van der Waals surface area contributed by atoms with Crippen molar-refractivity contribution < 1.29 is 19.1 Å². The average molecular weight is 437 g/mol. The lowest BCUT2D eigenvalue weighted by atomic mass is 9.89. The number of anilines is 2. The van der Waals surface area contributed by atoms with Gasteiger partial charge in [0, 0.05) is 29.3 Å². The molecule has 6 nitrogen and oxygen atoms in total. The van der Waals surface area contributed by atoms with Gasteiger partial charge in [0.1, 0.15) is 11.5 Å². The monoisotopic (exact) mass is 436 g/mol. The number of para-hydroxylation sites is 1. The number of fused-ring (bicyclic) bond motifs is 1. The molecule has 2 aromatic rings. The zero-order valence-corrected chi connectivity index (χ0v) is 19.0. The van der Waals surface area contributed by atoms with Crippen molar-refractivity contribution >= 4 is 40.5 Å². The van der Waals surface area contributed by atoms with Gasteiger partial charge in [-0.3, -0.25) is 19.4 Å². The van der Waals surface area contributed by atoms with Crippen LogP contribution in [0.5, 0.6) is 11.5 Å². The summed E-state index contributed by atoms with van der Waals surface area (Å²) >= 11 is 1.38. The Morgan fingerprint density at radius 3 is 2.32 bits per heavy atom. The van der Waals surface area contributed by atoms with Crippen LogP contribution in [0.3, 0.4) is 0 Å². The highest BCUT2D eigenvalue weighted by Gasteiger charge is 2.64. The fourth-order valence-corrected chi connectivity index (χ4v) is 6.37. The summed E-state index contributed by atoms with van der Waals surface area (Å²) in [6.45, 7) is 6.14. The molecule has 0 aliphatic carbocycles. The van der Waals surface area contributed by atoms with Gasteiger partial charge in [0.15, 0.2) is 0 Å². The topological polar surface area (TPSA) is 59.1 Å². The Morgan fingerprint density at radius 2 is 1.68 bits per heavy atom. The van der Waals surface area contributed by atoms with Crippen LogP contribution in [0.2, 0.25) is 0 Å². The van der Waals surface area contributed by atoms with E-state index in [2.05, 4.69) is 13.0 Å². The van der Waals surface area contributed by atoms with Gasteiger partial charge in [-0.1, -0.05) is 24.3 Å². The lowest BCUT2D eigenvalue weighted by molar-refractivity contribution is -0.124. The molecule has 7 heteroatoms. The number of allylic oxidation sites excluding steroid dienone is 1. The summed E-state index contributed by atoms with van der Waals surface area (Å²) in [5.41, 5.74) is 4.00. The molecule has 3 aliphatic rings. The Hall–Kier alpha value is -2.93. The molecular formula is C24H24N2O4S. The third-order valence-electron chi connectivity index (χ3n) is 6.25. The first-order chi connectivity index (χ1) is 14.7. The van der Waals surface area contributed by atoms with Crippen LogP contribution in [0.1, 0.15) is 31.9 Å². The highest BCUT2D eigenvalue weighted by atomic mass is 32.2. The van der Waals surface area contributed by atoms with Gasteiger partial charge in [-0.2, -0.15) is 0 Å². The lowest BCUT2D eigenvalue weighted by Crippen LogP contribution is -2.54. The summed E-state index contributed by atoms with van der Waals surface area (Å²) in [4.78, 5) is 29.8. The molecule has 5 rings (SSSR count). The molecule has 1 spiro atoms. The minimum absolute atomic E-state index is 0.0960. The number of rotatable bonds is 3. The number of hydrogen-bond acceptors (Lipinski definition) is 5. The Balaban J connectivity index is 1.78. The summed E-state index contributed by atoms with van der Waals surface area (Å²) in [6.07, 6.45) is 2.12. The van der Waals surface area contributed by atoms with Gasteiger partial charge in [0.2, 0.25) is 10.8 Å². The number of carbonyl (C=O) groups is 2. The predicted octanol–water partition coefficient (Wildman–Crippen LogP) is 4.18. The minimum Gasteiger partial charge on any atom is -0.497 e. The van der Waals surface area contributed by atoms with Gasteiger partial charge >= 0.3 is 0 Å². The third kappa shape index (κ3) is 2.53. The molecule has 2 aromatic carbocycles. The van der Waals surface area contributed by atoms with Crippen LogP contribution in [0.25, 0.3) is 5.57 Å². The van der Waals surface area contributed by atoms with Gasteiger partial charge < -0.3 is 9.47 Å². The number of thioether (sulfide) groups is 1. The molecule has 1 saturated heterocycles. The standard InChI is InChI=1S/C24H24N2O4S/c1-14-12-23(2,3)26-21-18(14)7-6-8-19(21)24(22(26)28)25(20(27)13-31-24)15-9-16(29-4)11-17(10-15)30-5/h6-12H,13H2,1-5H3. The molecule has 3 aliphatic heterocycles. The highest BCUT2D eigenvalue weighted by Crippen LogP contribution is 2.60. The van der Waals surface area contributed by atoms with Crippen molar-refractivity contribution in [3.63, 3.8) is 0 Å². The SMILES string of the molecule is COc1cc(OC)cc(N2C(=O)CSC23C(=O)N2c4c(cccc43)C(C)=CC2(C)C)c1. The number of methoxy groups -OCH3 is 2. The van der Waals surface area contributed by atoms with E-state index in [-0.39, 0.29) is 17.6 Å². The number of benzene rings is 2. The van der Waals surface area contributed by atoms with E-state index in [4.69, 9.17) is 9.47 Å². The molecule has 160 valence electrons.